The first-order valence-electron chi connectivity index (χ1n) is 9.58. The van der Waals surface area contributed by atoms with Gasteiger partial charge < -0.3 is 15.4 Å². The Morgan fingerprint density at radius 1 is 1.20 bits per heavy atom. The van der Waals surface area contributed by atoms with Crippen LogP contribution in [0.2, 0.25) is 0 Å². The van der Waals surface area contributed by atoms with Gasteiger partial charge in [0.05, 0.1) is 18.2 Å². The molecular weight excluding hydrogens is 419 g/mol. The fraction of sp³-hybridized carbons (Fsp3) is 0.474. The molecule has 1 atom stereocenters. The third kappa shape index (κ3) is 5.21. The number of hydrogen-bond donors (Lipinski definition) is 2. The Kier molecular flexibility index (Phi) is 7.16. The van der Waals surface area contributed by atoms with Crippen LogP contribution in [0, 0.1) is 0 Å². The summed E-state index contributed by atoms with van der Waals surface area (Å²) in [7, 11) is 0. The summed E-state index contributed by atoms with van der Waals surface area (Å²) in [5.41, 5.74) is 4.87. The quantitative estimate of drug-likeness (QED) is 0.474. The van der Waals surface area contributed by atoms with Gasteiger partial charge in [-0.3, -0.25) is 0 Å². The summed E-state index contributed by atoms with van der Waals surface area (Å²) in [6.45, 7) is 1.73. The number of benzene rings is 1. The van der Waals surface area contributed by atoms with E-state index in [0.29, 0.717) is 12.3 Å². The van der Waals surface area contributed by atoms with Crippen molar-refractivity contribution in [1.82, 2.24) is 20.3 Å². The van der Waals surface area contributed by atoms with E-state index in [9.17, 15) is 13.2 Å². The maximum atomic E-state index is 13.7. The third-order valence-corrected chi connectivity index (χ3v) is 5.57. The molecule has 1 unspecified atom stereocenters. The molecule has 30 heavy (non-hydrogen) atoms. The summed E-state index contributed by atoms with van der Waals surface area (Å²) in [5.74, 6) is 0.517. The Labute approximate surface area is 175 Å². The van der Waals surface area contributed by atoms with E-state index in [1.165, 1.54) is 12.1 Å². The number of aryl methyl sites for hydroxylation is 1. The summed E-state index contributed by atoms with van der Waals surface area (Å²) in [6.07, 6.45) is 0.0962. The van der Waals surface area contributed by atoms with Crippen LogP contribution >= 0.6 is 11.3 Å². The lowest BCUT2D eigenvalue weighted by Crippen LogP contribution is -2.13. The van der Waals surface area contributed by atoms with E-state index in [1.807, 2.05) is 0 Å². The number of aliphatic hydroxyl groups excluding tert-OH is 1. The summed E-state index contributed by atoms with van der Waals surface area (Å²) in [5, 5.41) is 20.9. The minimum absolute atomic E-state index is 0.0671. The Hall–Kier alpha value is -2.37. The Balaban J connectivity index is 1.89. The number of aromatic nitrogens is 4. The second-order valence-corrected chi connectivity index (χ2v) is 7.82. The maximum absolute atomic E-state index is 13.7. The van der Waals surface area contributed by atoms with E-state index in [4.69, 9.17) is 15.4 Å². The van der Waals surface area contributed by atoms with Crippen molar-refractivity contribution in [2.75, 3.05) is 6.61 Å². The van der Waals surface area contributed by atoms with Gasteiger partial charge in [0.2, 0.25) is 11.7 Å². The lowest BCUT2D eigenvalue weighted by atomic mass is 10.0. The van der Waals surface area contributed by atoms with Crippen LogP contribution in [0.15, 0.2) is 22.7 Å². The molecule has 1 aromatic carbocycles. The number of unbranched alkanes of at least 4 members (excludes halogenated alkanes) is 3. The van der Waals surface area contributed by atoms with Gasteiger partial charge in [-0.05, 0) is 12.5 Å². The monoisotopic (exact) mass is 441 g/mol. The first-order valence-corrected chi connectivity index (χ1v) is 10.4. The molecule has 2 heterocycles. The minimum Gasteiger partial charge on any atom is -0.394 e. The number of nitrogens with two attached hydrogens (primary N) is 1. The molecule has 0 saturated carbocycles. The van der Waals surface area contributed by atoms with Crippen molar-refractivity contribution in [3.05, 3.63) is 34.7 Å². The molecule has 2 aromatic heterocycles. The van der Waals surface area contributed by atoms with Gasteiger partial charge in [-0.2, -0.15) is 18.2 Å². The van der Waals surface area contributed by atoms with Gasteiger partial charge in [-0.15, -0.1) is 10.2 Å². The van der Waals surface area contributed by atoms with Crippen molar-refractivity contribution in [1.29, 1.82) is 0 Å². The van der Waals surface area contributed by atoms with Gasteiger partial charge in [0.15, 0.2) is 0 Å². The van der Waals surface area contributed by atoms with Crippen LogP contribution < -0.4 is 5.73 Å². The molecule has 7 nitrogen and oxygen atoms in total. The maximum Gasteiger partial charge on any atom is 0.417 e. The smallest absolute Gasteiger partial charge is 0.394 e. The molecule has 0 aliphatic rings. The highest BCUT2D eigenvalue weighted by molar-refractivity contribution is 7.14. The van der Waals surface area contributed by atoms with Crippen molar-refractivity contribution in [2.24, 2.45) is 5.73 Å². The predicted molar refractivity (Wildman–Crippen MR) is 105 cm³/mol. The van der Waals surface area contributed by atoms with Crippen molar-refractivity contribution in [3.63, 3.8) is 0 Å². The molecule has 0 aliphatic heterocycles. The molecule has 3 N–H and O–H groups in total. The number of rotatable bonds is 9. The summed E-state index contributed by atoms with van der Waals surface area (Å²) >= 11 is 0.911. The average Bonchev–Trinajstić information content (AvgIpc) is 3.39. The molecular formula is C19H22F3N5O2S. The number of halogens is 3. The fourth-order valence-electron chi connectivity index (χ4n) is 2.85. The van der Waals surface area contributed by atoms with E-state index < -0.39 is 17.8 Å². The zero-order valence-electron chi connectivity index (χ0n) is 16.3. The van der Waals surface area contributed by atoms with Crippen molar-refractivity contribution in [3.8, 4) is 22.0 Å². The van der Waals surface area contributed by atoms with E-state index in [2.05, 4.69) is 27.3 Å². The molecule has 3 aromatic rings. The number of aliphatic hydroxyl groups is 1. The summed E-state index contributed by atoms with van der Waals surface area (Å²) in [6, 6.07) is 2.99. The van der Waals surface area contributed by atoms with E-state index in [-0.39, 0.29) is 33.6 Å². The predicted octanol–water partition coefficient (Wildman–Crippen LogP) is 4.39. The van der Waals surface area contributed by atoms with Crippen molar-refractivity contribution in [2.45, 2.75) is 51.2 Å². The fourth-order valence-corrected chi connectivity index (χ4v) is 3.73. The van der Waals surface area contributed by atoms with Gasteiger partial charge >= 0.3 is 6.18 Å². The third-order valence-electron chi connectivity index (χ3n) is 4.48. The second kappa shape index (κ2) is 9.63. The van der Waals surface area contributed by atoms with Gasteiger partial charge in [0.1, 0.15) is 10.0 Å². The largest absolute Gasteiger partial charge is 0.417 e. The van der Waals surface area contributed by atoms with E-state index in [0.717, 1.165) is 43.1 Å². The highest BCUT2D eigenvalue weighted by Gasteiger charge is 2.35. The molecule has 0 radical (unpaired) electrons. The zero-order chi connectivity index (χ0) is 21.7. The van der Waals surface area contributed by atoms with Crippen LogP contribution in [0.1, 0.15) is 55.1 Å². The number of nitrogens with zero attached hydrogens (tertiary/aromatic N) is 4. The van der Waals surface area contributed by atoms with Crippen LogP contribution in [-0.4, -0.2) is 32.1 Å². The topological polar surface area (TPSA) is 111 Å². The molecule has 0 bridgehead atoms. The van der Waals surface area contributed by atoms with Crippen LogP contribution in [0.5, 0.6) is 0 Å². The van der Waals surface area contributed by atoms with Gasteiger partial charge in [-0.1, -0.05) is 54.8 Å². The molecule has 0 amide bonds. The van der Waals surface area contributed by atoms with E-state index >= 15 is 0 Å². The molecule has 0 spiro atoms. The van der Waals surface area contributed by atoms with Crippen LogP contribution in [0.25, 0.3) is 22.0 Å². The summed E-state index contributed by atoms with van der Waals surface area (Å²) < 4.78 is 46.4. The van der Waals surface area contributed by atoms with Gasteiger partial charge in [-0.25, -0.2) is 0 Å². The average molecular weight is 441 g/mol. The van der Waals surface area contributed by atoms with Crippen molar-refractivity contribution >= 4 is 11.3 Å². The SMILES string of the molecule is CCCCCCc1nc(-c2ccc(-c3nnc(C(N)CO)s3)c(C(F)(F)F)c2)no1. The highest BCUT2D eigenvalue weighted by atomic mass is 32.1. The van der Waals surface area contributed by atoms with Crippen LogP contribution in [0.4, 0.5) is 13.2 Å². The highest BCUT2D eigenvalue weighted by Crippen LogP contribution is 2.40. The minimum atomic E-state index is -4.62. The summed E-state index contributed by atoms with van der Waals surface area (Å²) in [4.78, 5) is 4.23. The first kappa shape index (κ1) is 22.3. The van der Waals surface area contributed by atoms with Crippen molar-refractivity contribution < 1.29 is 22.8 Å². The van der Waals surface area contributed by atoms with Crippen LogP contribution in [-0.2, 0) is 12.6 Å². The molecule has 162 valence electrons. The lowest BCUT2D eigenvalue weighted by molar-refractivity contribution is -0.137. The normalized spacial score (nSPS) is 13.0. The first-order chi connectivity index (χ1) is 14.3. The number of alkyl halides is 3. The standard InChI is InChI=1S/C19H22F3N5O2S/c1-2-3-4-5-6-15-24-16(27-29-15)11-7-8-12(13(9-11)19(20,21)22)17-25-26-18(30-17)14(23)10-28/h7-9,14,28H,2-6,10,23H2,1H3. The van der Waals surface area contributed by atoms with Gasteiger partial charge in [0, 0.05) is 17.5 Å². The molecule has 3 rings (SSSR count). The van der Waals surface area contributed by atoms with Gasteiger partial charge in [0.25, 0.3) is 0 Å². The Morgan fingerprint density at radius 2 is 2.00 bits per heavy atom. The molecule has 0 saturated heterocycles. The van der Waals surface area contributed by atoms with Crippen LogP contribution in [0.3, 0.4) is 0 Å². The number of hydrogen-bond acceptors (Lipinski definition) is 8. The Bertz CT molecular complexity index is 973. The van der Waals surface area contributed by atoms with E-state index in [1.54, 1.807) is 0 Å². The molecule has 11 heteroatoms. The lowest BCUT2D eigenvalue weighted by Gasteiger charge is -2.12. The zero-order valence-corrected chi connectivity index (χ0v) is 17.1. The second-order valence-electron chi connectivity index (χ2n) is 6.82. The Morgan fingerprint density at radius 3 is 2.70 bits per heavy atom. The molecule has 0 aliphatic carbocycles. The molecule has 0 fully saturated rings.